The molecule has 2 aromatic heterocycles. The summed E-state index contributed by atoms with van der Waals surface area (Å²) in [5.41, 5.74) is 3.28. The normalized spacial score (nSPS) is 16.9. The third kappa shape index (κ3) is 3.96. The number of carbonyl (C=O) groups is 1. The third-order valence-corrected chi connectivity index (χ3v) is 6.70. The van der Waals surface area contributed by atoms with E-state index in [4.69, 9.17) is 10.4 Å². The number of imidazole rings is 1. The van der Waals surface area contributed by atoms with Crippen molar-refractivity contribution in [2.75, 3.05) is 20.1 Å². The van der Waals surface area contributed by atoms with E-state index >= 15 is 0 Å². The minimum atomic E-state index is -0.0908. The summed E-state index contributed by atoms with van der Waals surface area (Å²) in [4.78, 5) is 20.8. The van der Waals surface area contributed by atoms with Crippen LogP contribution < -0.4 is 5.32 Å². The Morgan fingerprint density at radius 3 is 2.68 bits per heavy atom. The number of para-hydroxylation sites is 1. The zero-order valence-electron chi connectivity index (χ0n) is 17.2. The molecule has 31 heavy (non-hydrogen) atoms. The average molecular weight is 454 g/mol. The third-order valence-electron chi connectivity index (χ3n) is 5.68. The second-order valence-electron chi connectivity index (χ2n) is 7.83. The number of hydrogen-bond acceptors (Lipinski definition) is 5. The molecule has 1 aliphatic rings. The number of nitrogens with zero attached hydrogens (tertiary/aromatic N) is 3. The van der Waals surface area contributed by atoms with E-state index in [1.54, 1.807) is 11.3 Å². The van der Waals surface area contributed by atoms with Gasteiger partial charge in [0.05, 0.1) is 16.1 Å². The molecule has 1 saturated heterocycles. The van der Waals surface area contributed by atoms with Crippen molar-refractivity contribution < 1.29 is 4.79 Å². The molecule has 1 fully saturated rings. The molecule has 0 saturated carbocycles. The van der Waals surface area contributed by atoms with Gasteiger partial charge in [-0.1, -0.05) is 53.8 Å². The highest BCUT2D eigenvalue weighted by atomic mass is 35.5. The molecule has 1 unspecified atom stereocenters. The average Bonchev–Trinajstić information content (AvgIpc) is 3.30. The molecule has 0 radical (unpaired) electrons. The van der Waals surface area contributed by atoms with Crippen LogP contribution in [0.15, 0.2) is 54.6 Å². The van der Waals surface area contributed by atoms with Crippen LogP contribution in [0.4, 0.5) is 0 Å². The van der Waals surface area contributed by atoms with Gasteiger partial charge in [0.25, 0.3) is 0 Å². The zero-order chi connectivity index (χ0) is 20.7. The fourth-order valence-electron chi connectivity index (χ4n) is 4.21. The van der Waals surface area contributed by atoms with Crippen molar-refractivity contribution in [2.45, 2.75) is 12.8 Å². The number of nitrogens with one attached hydrogen (secondary N) is 2. The van der Waals surface area contributed by atoms with Crippen LogP contribution in [0.2, 0.25) is 0 Å². The van der Waals surface area contributed by atoms with E-state index in [1.165, 1.54) is 0 Å². The van der Waals surface area contributed by atoms with Crippen molar-refractivity contribution in [2.24, 2.45) is 5.92 Å². The predicted octanol–water partition coefficient (Wildman–Crippen LogP) is 4.42. The number of amidine groups is 1. The van der Waals surface area contributed by atoms with Crippen LogP contribution in [0.25, 0.3) is 26.4 Å². The Kier molecular flexibility index (Phi) is 6.09. The summed E-state index contributed by atoms with van der Waals surface area (Å²) in [5, 5.41) is 11.7. The van der Waals surface area contributed by atoms with E-state index < -0.39 is 0 Å². The fourth-order valence-corrected chi connectivity index (χ4v) is 5.24. The van der Waals surface area contributed by atoms with Gasteiger partial charge in [-0.05, 0) is 38.6 Å². The Hall–Kier alpha value is -2.74. The first-order valence-electron chi connectivity index (χ1n) is 10.2. The number of amides is 1. The molecular weight excluding hydrogens is 430 g/mol. The minimum absolute atomic E-state index is 0. The van der Waals surface area contributed by atoms with E-state index in [9.17, 15) is 4.79 Å². The molecule has 0 spiro atoms. The maximum absolute atomic E-state index is 12.9. The molecule has 4 aromatic rings. The van der Waals surface area contributed by atoms with Gasteiger partial charge in [-0.15, -0.1) is 12.4 Å². The van der Waals surface area contributed by atoms with Crippen LogP contribution in [-0.4, -0.2) is 46.2 Å². The van der Waals surface area contributed by atoms with Crippen molar-refractivity contribution in [3.63, 3.8) is 0 Å². The number of thiazole rings is 1. The molecule has 2 aromatic carbocycles. The molecule has 1 aliphatic heterocycles. The molecule has 5 rings (SSSR count). The van der Waals surface area contributed by atoms with Gasteiger partial charge in [0.15, 0.2) is 10.8 Å². The fraction of sp³-hybridized carbons (Fsp3) is 0.261. The summed E-state index contributed by atoms with van der Waals surface area (Å²) in [7, 11) is 2.04. The number of carbonyl (C=O) groups excluding carboxylic acids is 1. The summed E-state index contributed by atoms with van der Waals surface area (Å²) < 4.78 is 3.10. The number of piperidine rings is 1. The first-order chi connectivity index (χ1) is 14.6. The standard InChI is InChI=1S/C23H23N5OS.ClH/c1-27-13-7-10-16(14-27)22(29)26-21(24)20-19(15-8-3-2-4-9-15)25-23-28(20)17-11-5-6-12-18(17)30-23;/h2-6,8-9,11-12,16H,7,10,13-14H2,1H3,(H2,24,26,29);1H. The number of fused-ring (bicyclic) bond motifs is 3. The lowest BCUT2D eigenvalue weighted by Crippen LogP contribution is -2.43. The molecule has 0 bridgehead atoms. The molecule has 160 valence electrons. The number of aromatic nitrogens is 2. The minimum Gasteiger partial charge on any atom is -0.309 e. The maximum atomic E-state index is 12.9. The van der Waals surface area contributed by atoms with Gasteiger partial charge < -0.3 is 10.2 Å². The molecule has 1 amide bonds. The number of benzene rings is 2. The zero-order valence-corrected chi connectivity index (χ0v) is 18.8. The number of likely N-dealkylation sites (tertiary alicyclic amines) is 1. The Balaban J connectivity index is 0.00000231. The van der Waals surface area contributed by atoms with Gasteiger partial charge in [-0.25, -0.2) is 4.98 Å². The van der Waals surface area contributed by atoms with E-state index in [0.717, 1.165) is 52.4 Å². The summed E-state index contributed by atoms with van der Waals surface area (Å²) in [6.45, 7) is 1.75. The van der Waals surface area contributed by atoms with Crippen molar-refractivity contribution >= 4 is 50.7 Å². The van der Waals surface area contributed by atoms with Crippen molar-refractivity contribution in [3.8, 4) is 11.3 Å². The van der Waals surface area contributed by atoms with E-state index in [0.29, 0.717) is 5.69 Å². The van der Waals surface area contributed by atoms with Crippen LogP contribution in [0.5, 0.6) is 0 Å². The first kappa shape index (κ1) is 21.5. The van der Waals surface area contributed by atoms with Crippen molar-refractivity contribution in [1.29, 1.82) is 5.41 Å². The molecule has 2 N–H and O–H groups in total. The second kappa shape index (κ2) is 8.78. The van der Waals surface area contributed by atoms with Crippen LogP contribution in [0, 0.1) is 11.3 Å². The van der Waals surface area contributed by atoms with Gasteiger partial charge in [0.1, 0.15) is 11.4 Å². The van der Waals surface area contributed by atoms with Gasteiger partial charge in [-0.2, -0.15) is 0 Å². The predicted molar refractivity (Wildman–Crippen MR) is 128 cm³/mol. The monoisotopic (exact) mass is 453 g/mol. The second-order valence-corrected chi connectivity index (χ2v) is 8.84. The van der Waals surface area contributed by atoms with Crippen LogP contribution >= 0.6 is 23.7 Å². The molecule has 0 aliphatic carbocycles. The molecule has 3 heterocycles. The van der Waals surface area contributed by atoms with E-state index in [1.807, 2.05) is 60.0 Å². The van der Waals surface area contributed by atoms with E-state index in [-0.39, 0.29) is 30.1 Å². The first-order valence-corrected chi connectivity index (χ1v) is 11.0. The Morgan fingerprint density at radius 2 is 1.90 bits per heavy atom. The van der Waals surface area contributed by atoms with Gasteiger partial charge in [-0.3, -0.25) is 14.6 Å². The number of hydrogen-bond donors (Lipinski definition) is 2. The van der Waals surface area contributed by atoms with E-state index in [2.05, 4.69) is 16.3 Å². The quantitative estimate of drug-likeness (QED) is 0.356. The Morgan fingerprint density at radius 1 is 1.16 bits per heavy atom. The van der Waals surface area contributed by atoms with Gasteiger partial charge in [0.2, 0.25) is 5.91 Å². The Labute approximate surface area is 190 Å². The van der Waals surface area contributed by atoms with Crippen molar-refractivity contribution in [1.82, 2.24) is 19.6 Å². The highest BCUT2D eigenvalue weighted by molar-refractivity contribution is 7.23. The molecule has 1 atom stereocenters. The van der Waals surface area contributed by atoms with Crippen LogP contribution in [0.3, 0.4) is 0 Å². The largest absolute Gasteiger partial charge is 0.309 e. The van der Waals surface area contributed by atoms with Gasteiger partial charge >= 0.3 is 0 Å². The topological polar surface area (TPSA) is 73.5 Å². The number of rotatable bonds is 3. The number of halogens is 1. The molecular formula is C23H24ClN5OS. The highest BCUT2D eigenvalue weighted by Crippen LogP contribution is 2.33. The molecule has 6 nitrogen and oxygen atoms in total. The SMILES string of the molecule is CN1CCCC(C(=O)NC(=N)c2c(-c3ccccc3)nc3sc4ccccc4n23)C1.Cl. The van der Waals surface area contributed by atoms with Crippen LogP contribution in [0.1, 0.15) is 18.5 Å². The summed E-state index contributed by atoms with van der Waals surface area (Å²) in [6, 6.07) is 17.9. The highest BCUT2D eigenvalue weighted by Gasteiger charge is 2.27. The van der Waals surface area contributed by atoms with Gasteiger partial charge in [0, 0.05) is 12.1 Å². The molecule has 8 heteroatoms. The lowest BCUT2D eigenvalue weighted by molar-refractivity contribution is -0.125. The van der Waals surface area contributed by atoms with Crippen molar-refractivity contribution in [3.05, 3.63) is 60.3 Å². The summed E-state index contributed by atoms with van der Waals surface area (Å²) in [5.74, 6) is -0.0740. The lowest BCUT2D eigenvalue weighted by atomic mass is 9.97. The smallest absolute Gasteiger partial charge is 0.229 e. The lowest BCUT2D eigenvalue weighted by Gasteiger charge is -2.28. The summed E-state index contributed by atoms with van der Waals surface area (Å²) in [6.07, 6.45) is 1.86. The Bertz CT molecular complexity index is 1250. The maximum Gasteiger partial charge on any atom is 0.229 e. The van der Waals surface area contributed by atoms with Crippen LogP contribution in [-0.2, 0) is 4.79 Å². The summed E-state index contributed by atoms with van der Waals surface area (Å²) >= 11 is 1.59.